The van der Waals surface area contributed by atoms with Crippen molar-refractivity contribution >= 4 is 11.9 Å². The third-order valence-corrected chi connectivity index (χ3v) is 2.51. The third-order valence-electron chi connectivity index (χ3n) is 2.51. The maximum absolute atomic E-state index is 11.5. The van der Waals surface area contributed by atoms with E-state index >= 15 is 0 Å². The first-order valence-corrected chi connectivity index (χ1v) is 5.59. The van der Waals surface area contributed by atoms with Gasteiger partial charge >= 0.3 is 11.7 Å². The Morgan fingerprint density at radius 2 is 1.95 bits per heavy atom. The molecule has 1 aromatic heterocycles. The molecular weight excluding hydrogens is 254 g/mol. The summed E-state index contributed by atoms with van der Waals surface area (Å²) in [6.07, 6.45) is 0.206. The highest BCUT2D eigenvalue weighted by atomic mass is 16.5. The number of esters is 1. The molecule has 1 heterocycles. The van der Waals surface area contributed by atoms with E-state index in [1.807, 2.05) is 0 Å². The van der Waals surface area contributed by atoms with Crippen LogP contribution in [0.25, 0.3) is 0 Å². The average molecular weight is 269 g/mol. The van der Waals surface area contributed by atoms with Crippen LogP contribution in [0.5, 0.6) is 0 Å². The van der Waals surface area contributed by atoms with Gasteiger partial charge in [-0.1, -0.05) is 0 Å². The number of hydrogen-bond donors (Lipinski definition) is 3. The zero-order valence-electron chi connectivity index (χ0n) is 10.7. The number of aromatic amines is 2. The van der Waals surface area contributed by atoms with E-state index in [0.717, 1.165) is 0 Å². The molecule has 0 aliphatic rings. The molecule has 1 aromatic rings. The van der Waals surface area contributed by atoms with Crippen LogP contribution in [0.2, 0.25) is 0 Å². The lowest BCUT2D eigenvalue weighted by atomic mass is 10.1. The minimum Gasteiger partial charge on any atom is -0.468 e. The topological polar surface area (TPSA) is 121 Å². The maximum atomic E-state index is 11.5. The van der Waals surface area contributed by atoms with Gasteiger partial charge in [0.15, 0.2) is 0 Å². The fourth-order valence-electron chi connectivity index (χ4n) is 1.50. The summed E-state index contributed by atoms with van der Waals surface area (Å²) in [6, 6.07) is 0. The lowest BCUT2D eigenvalue weighted by Gasteiger charge is -2.05. The van der Waals surface area contributed by atoms with Crippen LogP contribution in [0.1, 0.15) is 17.7 Å². The first kappa shape index (κ1) is 14.7. The monoisotopic (exact) mass is 269 g/mol. The van der Waals surface area contributed by atoms with Crippen molar-refractivity contribution < 1.29 is 14.3 Å². The van der Waals surface area contributed by atoms with Crippen molar-refractivity contribution in [2.24, 2.45) is 0 Å². The highest BCUT2D eigenvalue weighted by Crippen LogP contribution is 1.99. The van der Waals surface area contributed by atoms with Gasteiger partial charge in [0.2, 0.25) is 5.91 Å². The molecule has 0 aromatic carbocycles. The van der Waals surface area contributed by atoms with Crippen molar-refractivity contribution in [2.75, 3.05) is 13.7 Å². The second-order valence-electron chi connectivity index (χ2n) is 3.86. The maximum Gasteiger partial charge on any atom is 0.325 e. The molecule has 0 saturated heterocycles. The van der Waals surface area contributed by atoms with Gasteiger partial charge in [-0.15, -0.1) is 0 Å². The second-order valence-corrected chi connectivity index (χ2v) is 3.86. The fourth-order valence-corrected chi connectivity index (χ4v) is 1.50. The van der Waals surface area contributed by atoms with Crippen LogP contribution in [-0.4, -0.2) is 35.5 Å². The van der Waals surface area contributed by atoms with Crippen molar-refractivity contribution in [2.45, 2.75) is 19.8 Å². The molecule has 0 fully saturated rings. The molecule has 19 heavy (non-hydrogen) atoms. The Bertz CT molecular complexity index is 587. The Kier molecular flexibility index (Phi) is 5.04. The van der Waals surface area contributed by atoms with Crippen LogP contribution >= 0.6 is 0 Å². The molecule has 8 nitrogen and oxygen atoms in total. The largest absolute Gasteiger partial charge is 0.468 e. The Morgan fingerprint density at radius 3 is 2.53 bits per heavy atom. The normalized spacial score (nSPS) is 10.0. The summed E-state index contributed by atoms with van der Waals surface area (Å²) < 4.78 is 4.37. The summed E-state index contributed by atoms with van der Waals surface area (Å²) in [6.45, 7) is 1.37. The van der Waals surface area contributed by atoms with Crippen LogP contribution in [0.15, 0.2) is 9.59 Å². The molecule has 0 saturated carbocycles. The van der Waals surface area contributed by atoms with Crippen LogP contribution in [0.4, 0.5) is 0 Å². The zero-order chi connectivity index (χ0) is 14.4. The molecule has 8 heteroatoms. The summed E-state index contributed by atoms with van der Waals surface area (Å²) >= 11 is 0. The summed E-state index contributed by atoms with van der Waals surface area (Å²) in [4.78, 5) is 49.2. The van der Waals surface area contributed by atoms with E-state index in [0.29, 0.717) is 11.3 Å². The molecule has 1 rings (SSSR count). The van der Waals surface area contributed by atoms with Crippen molar-refractivity contribution in [3.63, 3.8) is 0 Å². The SMILES string of the molecule is COC(=O)CNC(=O)CCc1c(C)[nH]c(=O)[nH]c1=O. The number of amides is 1. The Morgan fingerprint density at radius 1 is 1.26 bits per heavy atom. The smallest absolute Gasteiger partial charge is 0.325 e. The number of carbonyl (C=O) groups excluding carboxylic acids is 2. The van der Waals surface area contributed by atoms with Crippen molar-refractivity contribution in [3.05, 3.63) is 32.1 Å². The summed E-state index contributed by atoms with van der Waals surface area (Å²) in [5, 5.41) is 2.36. The van der Waals surface area contributed by atoms with Crippen LogP contribution in [0.3, 0.4) is 0 Å². The van der Waals surface area contributed by atoms with Crippen molar-refractivity contribution in [3.8, 4) is 0 Å². The van der Waals surface area contributed by atoms with E-state index in [1.54, 1.807) is 6.92 Å². The van der Waals surface area contributed by atoms with Crippen molar-refractivity contribution in [1.82, 2.24) is 15.3 Å². The molecule has 3 N–H and O–H groups in total. The number of nitrogens with one attached hydrogen (secondary N) is 3. The molecule has 0 aliphatic heterocycles. The van der Waals surface area contributed by atoms with E-state index in [9.17, 15) is 19.2 Å². The van der Waals surface area contributed by atoms with E-state index in [-0.39, 0.29) is 25.3 Å². The van der Waals surface area contributed by atoms with Crippen LogP contribution in [-0.2, 0) is 20.7 Å². The first-order valence-electron chi connectivity index (χ1n) is 5.59. The fraction of sp³-hybridized carbons (Fsp3) is 0.455. The summed E-state index contributed by atoms with van der Waals surface area (Å²) in [5.41, 5.74) is -0.328. The van der Waals surface area contributed by atoms with Gasteiger partial charge in [0.05, 0.1) is 7.11 Å². The van der Waals surface area contributed by atoms with Gasteiger partial charge in [0.1, 0.15) is 6.54 Å². The summed E-state index contributed by atoms with van der Waals surface area (Å²) in [7, 11) is 1.22. The Labute approximate surface area is 108 Å². The number of ether oxygens (including phenoxy) is 1. The Balaban J connectivity index is 2.58. The minimum atomic E-state index is -0.582. The zero-order valence-corrected chi connectivity index (χ0v) is 10.7. The van der Waals surface area contributed by atoms with E-state index in [2.05, 4.69) is 20.0 Å². The minimum absolute atomic E-state index is 0.0347. The standard InChI is InChI=1S/C11H15N3O5/c1-6-7(10(17)14-11(18)13-6)3-4-8(15)12-5-9(16)19-2/h3-5H2,1-2H3,(H,12,15)(H2,13,14,17,18). The number of carbonyl (C=O) groups is 2. The molecule has 0 atom stereocenters. The lowest BCUT2D eigenvalue weighted by molar-refractivity contribution is -0.141. The number of aryl methyl sites for hydroxylation is 1. The number of aromatic nitrogens is 2. The van der Waals surface area contributed by atoms with E-state index in [1.165, 1.54) is 7.11 Å². The number of methoxy groups -OCH3 is 1. The molecular formula is C11H15N3O5. The highest BCUT2D eigenvalue weighted by Gasteiger charge is 2.10. The number of hydrogen-bond acceptors (Lipinski definition) is 5. The first-order chi connectivity index (χ1) is 8.93. The Hall–Kier alpha value is -2.38. The predicted octanol–water partition coefficient (Wildman–Crippen LogP) is -1.41. The van der Waals surface area contributed by atoms with E-state index < -0.39 is 17.2 Å². The molecule has 0 bridgehead atoms. The molecule has 0 unspecified atom stereocenters. The number of rotatable bonds is 5. The molecule has 104 valence electrons. The molecule has 0 spiro atoms. The van der Waals surface area contributed by atoms with Crippen molar-refractivity contribution in [1.29, 1.82) is 0 Å². The summed E-state index contributed by atoms with van der Waals surface area (Å²) in [5.74, 6) is -0.929. The molecule has 1 amide bonds. The quantitative estimate of drug-likeness (QED) is 0.567. The van der Waals surface area contributed by atoms with Gasteiger partial charge in [0.25, 0.3) is 5.56 Å². The van der Waals surface area contributed by atoms with Gasteiger partial charge in [-0.3, -0.25) is 19.4 Å². The van der Waals surface area contributed by atoms with Gasteiger partial charge in [0, 0.05) is 17.7 Å². The van der Waals surface area contributed by atoms with Gasteiger partial charge in [-0.25, -0.2) is 4.79 Å². The van der Waals surface area contributed by atoms with Crippen LogP contribution in [0, 0.1) is 6.92 Å². The highest BCUT2D eigenvalue weighted by molar-refractivity contribution is 5.81. The van der Waals surface area contributed by atoms with Crippen LogP contribution < -0.4 is 16.6 Å². The average Bonchev–Trinajstić information content (AvgIpc) is 2.34. The molecule has 0 radical (unpaired) electrons. The van der Waals surface area contributed by atoms with Gasteiger partial charge in [-0.2, -0.15) is 0 Å². The second kappa shape index (κ2) is 6.53. The predicted molar refractivity (Wildman–Crippen MR) is 65.8 cm³/mol. The molecule has 0 aliphatic carbocycles. The third kappa shape index (κ3) is 4.41. The van der Waals surface area contributed by atoms with Gasteiger partial charge < -0.3 is 15.0 Å². The number of H-pyrrole nitrogens is 2. The van der Waals surface area contributed by atoms with E-state index in [4.69, 9.17) is 0 Å². The van der Waals surface area contributed by atoms with Gasteiger partial charge in [-0.05, 0) is 13.3 Å². The lowest BCUT2D eigenvalue weighted by Crippen LogP contribution is -2.32.